The number of fused-ring (bicyclic) bond motifs is 1. The number of benzene rings is 4. The van der Waals surface area contributed by atoms with Gasteiger partial charge in [-0.25, -0.2) is 8.42 Å². The normalized spacial score (nSPS) is 12.0. The van der Waals surface area contributed by atoms with Crippen molar-refractivity contribution < 1.29 is 23.4 Å². The van der Waals surface area contributed by atoms with Crippen LogP contribution in [0.15, 0.2) is 92.1 Å². The summed E-state index contributed by atoms with van der Waals surface area (Å²) in [4.78, 5) is 0.228. The number of hydrogen-bond donors (Lipinski definition) is 3. The molecule has 10 nitrogen and oxygen atoms in total. The Morgan fingerprint density at radius 3 is 2.21 bits per heavy atom. The highest BCUT2D eigenvalue weighted by Crippen LogP contribution is 2.43. The Bertz CT molecular complexity index is 1630. The Balaban J connectivity index is 1.72. The number of phenolic OH excluding ortho intramolecular Hbond substituents is 2. The molecule has 196 valence electrons. The van der Waals surface area contributed by atoms with Crippen LogP contribution in [0.1, 0.15) is 13.8 Å². The smallest absolute Gasteiger partial charge is 0.178 e. The maximum atomic E-state index is 12.1. The number of methoxy groups -OCH3 is 1. The molecule has 11 heteroatoms. The van der Waals surface area contributed by atoms with Gasteiger partial charge < -0.3 is 20.3 Å². The summed E-state index contributed by atoms with van der Waals surface area (Å²) in [6.45, 7) is 4.18. The summed E-state index contributed by atoms with van der Waals surface area (Å²) in [5.41, 5.74) is 2.08. The third-order valence-corrected chi connectivity index (χ3v) is 7.53. The summed E-state index contributed by atoms with van der Waals surface area (Å²) in [6, 6.07) is 17.6. The molecule has 0 bridgehead atoms. The third kappa shape index (κ3) is 5.57. The molecule has 3 N–H and O–H groups in total. The van der Waals surface area contributed by atoms with E-state index in [4.69, 9.17) is 4.74 Å². The zero-order valence-electron chi connectivity index (χ0n) is 21.1. The lowest BCUT2D eigenvalue weighted by Crippen LogP contribution is -2.02. The maximum Gasteiger partial charge on any atom is 0.178 e. The second kappa shape index (κ2) is 11.3. The van der Waals surface area contributed by atoms with Crippen LogP contribution in [0.4, 0.5) is 28.4 Å². The largest absolute Gasteiger partial charge is 0.506 e. The first-order valence-corrected chi connectivity index (χ1v) is 13.5. The van der Waals surface area contributed by atoms with Crippen LogP contribution in [-0.2, 0) is 9.84 Å². The first-order valence-electron chi connectivity index (χ1n) is 11.8. The highest BCUT2D eigenvalue weighted by atomic mass is 32.2. The van der Waals surface area contributed by atoms with Crippen molar-refractivity contribution in [1.29, 1.82) is 0 Å². The quantitative estimate of drug-likeness (QED) is 0.192. The first-order chi connectivity index (χ1) is 18.3. The predicted octanol–water partition coefficient (Wildman–Crippen LogP) is 7.32. The van der Waals surface area contributed by atoms with Crippen LogP contribution < -0.4 is 10.1 Å². The van der Waals surface area contributed by atoms with E-state index in [1.54, 1.807) is 49.4 Å². The lowest BCUT2D eigenvalue weighted by Gasteiger charge is -2.11. The number of ether oxygens (including phenoxy) is 1. The minimum Gasteiger partial charge on any atom is -0.506 e. The number of rotatable bonds is 9. The molecule has 0 fully saturated rings. The molecule has 0 aliphatic heterocycles. The topological polar surface area (TPSA) is 145 Å². The predicted molar refractivity (Wildman–Crippen MR) is 147 cm³/mol. The average molecular weight is 534 g/mol. The maximum absolute atomic E-state index is 12.1. The molecule has 0 amide bonds. The van der Waals surface area contributed by atoms with E-state index in [2.05, 4.69) is 25.8 Å². The molecule has 0 radical (unpaired) electrons. The Labute approximate surface area is 220 Å². The van der Waals surface area contributed by atoms with E-state index in [9.17, 15) is 18.6 Å². The summed E-state index contributed by atoms with van der Waals surface area (Å²) < 4.78 is 29.3. The number of phenols is 2. The minimum atomic E-state index is -3.31. The molecule has 4 aromatic rings. The molecule has 0 atom stereocenters. The molecule has 4 aromatic carbocycles. The number of aromatic hydroxyl groups is 2. The van der Waals surface area contributed by atoms with Crippen LogP contribution in [0.25, 0.3) is 10.8 Å². The van der Waals surface area contributed by atoms with Gasteiger partial charge in [-0.1, -0.05) is 6.92 Å². The molecular formula is C27H27N5O5S. The van der Waals surface area contributed by atoms with Crippen LogP contribution >= 0.6 is 0 Å². The number of anilines is 1. The number of hydrogen-bond acceptors (Lipinski definition) is 10. The van der Waals surface area contributed by atoms with E-state index in [0.717, 1.165) is 0 Å². The van der Waals surface area contributed by atoms with Crippen molar-refractivity contribution in [1.82, 2.24) is 0 Å². The van der Waals surface area contributed by atoms with Gasteiger partial charge in [0.2, 0.25) is 0 Å². The molecule has 0 unspecified atom stereocenters. The zero-order chi connectivity index (χ0) is 27.3. The summed E-state index contributed by atoms with van der Waals surface area (Å²) in [6.07, 6.45) is 0. The van der Waals surface area contributed by atoms with Gasteiger partial charge in [-0.15, -0.1) is 15.3 Å². The highest BCUT2D eigenvalue weighted by molar-refractivity contribution is 7.91. The Morgan fingerprint density at radius 2 is 1.53 bits per heavy atom. The number of sulfone groups is 1. The van der Waals surface area contributed by atoms with Gasteiger partial charge in [0.05, 0.1) is 29.1 Å². The van der Waals surface area contributed by atoms with Gasteiger partial charge in [-0.2, -0.15) is 5.11 Å². The monoisotopic (exact) mass is 533 g/mol. The Kier molecular flexibility index (Phi) is 7.87. The van der Waals surface area contributed by atoms with Crippen LogP contribution in [-0.4, -0.2) is 38.0 Å². The van der Waals surface area contributed by atoms with Gasteiger partial charge in [-0.05, 0) is 67.6 Å². The summed E-state index contributed by atoms with van der Waals surface area (Å²) >= 11 is 0. The summed E-state index contributed by atoms with van der Waals surface area (Å²) in [5, 5.41) is 42.3. The minimum absolute atomic E-state index is 0.0155. The van der Waals surface area contributed by atoms with E-state index in [1.807, 2.05) is 6.92 Å². The lowest BCUT2D eigenvalue weighted by molar-refractivity contribution is 0.412. The second-order valence-corrected chi connectivity index (χ2v) is 10.5. The number of azo groups is 2. The SMILES string of the molecule is CCNc1ccc2c(O)c(N=Nc3cc(OC)ccc3O)ccc2c1N=Nc1ccc(S(=O)(=O)CC)cc1. The molecule has 0 saturated carbocycles. The van der Waals surface area contributed by atoms with E-state index in [-0.39, 0.29) is 33.5 Å². The van der Waals surface area contributed by atoms with Crippen molar-refractivity contribution in [3.05, 3.63) is 66.7 Å². The molecule has 0 spiro atoms. The molecular weight excluding hydrogens is 506 g/mol. The summed E-state index contributed by atoms with van der Waals surface area (Å²) in [5.74, 6) is 0.337. The fourth-order valence-corrected chi connectivity index (χ4v) is 4.58. The van der Waals surface area contributed by atoms with Gasteiger partial charge in [0, 0.05) is 23.4 Å². The van der Waals surface area contributed by atoms with Gasteiger partial charge in [-0.3, -0.25) is 0 Å². The van der Waals surface area contributed by atoms with Crippen LogP contribution in [0, 0.1) is 0 Å². The van der Waals surface area contributed by atoms with E-state index >= 15 is 0 Å². The molecule has 4 rings (SSSR count). The van der Waals surface area contributed by atoms with E-state index in [0.29, 0.717) is 40.1 Å². The lowest BCUT2D eigenvalue weighted by atomic mass is 10.1. The third-order valence-electron chi connectivity index (χ3n) is 5.78. The van der Waals surface area contributed by atoms with Gasteiger partial charge in [0.25, 0.3) is 0 Å². The second-order valence-electron chi connectivity index (χ2n) is 8.17. The molecule has 38 heavy (non-hydrogen) atoms. The summed E-state index contributed by atoms with van der Waals surface area (Å²) in [7, 11) is -1.80. The molecule has 0 saturated heterocycles. The average Bonchev–Trinajstić information content (AvgIpc) is 2.93. The van der Waals surface area contributed by atoms with E-state index in [1.165, 1.54) is 31.4 Å². The molecule has 0 heterocycles. The van der Waals surface area contributed by atoms with Crippen molar-refractivity contribution in [3.8, 4) is 17.2 Å². The fourth-order valence-electron chi connectivity index (χ4n) is 3.70. The Morgan fingerprint density at radius 1 is 0.816 bits per heavy atom. The molecule has 0 aliphatic rings. The number of nitrogens with one attached hydrogen (secondary N) is 1. The molecule has 0 aromatic heterocycles. The van der Waals surface area contributed by atoms with Gasteiger partial charge in [0.1, 0.15) is 28.6 Å². The van der Waals surface area contributed by atoms with Crippen molar-refractivity contribution in [2.45, 2.75) is 18.7 Å². The van der Waals surface area contributed by atoms with Crippen molar-refractivity contribution in [3.63, 3.8) is 0 Å². The molecule has 0 aliphatic carbocycles. The van der Waals surface area contributed by atoms with Crippen molar-refractivity contribution >= 4 is 49.0 Å². The first kappa shape index (κ1) is 26.6. The number of nitrogens with zero attached hydrogens (tertiary/aromatic N) is 4. The fraction of sp³-hybridized carbons (Fsp3) is 0.185. The Hall–Kier alpha value is -4.51. The zero-order valence-corrected chi connectivity index (χ0v) is 21.9. The standard InChI is InChI=1S/C27H27N5O5S/c1-4-28-22-13-12-21-20(26(22)32-29-17-6-9-19(10-7-17)38(35,36)5-2)11-14-23(27(21)34)30-31-24-16-18(37-3)8-15-25(24)33/h6-16,28,33-34H,4-5H2,1-3H3. The van der Waals surface area contributed by atoms with Crippen LogP contribution in [0.2, 0.25) is 0 Å². The van der Waals surface area contributed by atoms with Gasteiger partial charge >= 0.3 is 0 Å². The van der Waals surface area contributed by atoms with Crippen LogP contribution in [0.5, 0.6) is 17.2 Å². The van der Waals surface area contributed by atoms with Gasteiger partial charge in [0.15, 0.2) is 15.6 Å². The van der Waals surface area contributed by atoms with Crippen molar-refractivity contribution in [2.24, 2.45) is 20.5 Å². The van der Waals surface area contributed by atoms with Crippen LogP contribution in [0.3, 0.4) is 0 Å². The van der Waals surface area contributed by atoms with Crippen molar-refractivity contribution in [2.75, 3.05) is 24.7 Å². The van der Waals surface area contributed by atoms with E-state index < -0.39 is 9.84 Å². The highest BCUT2D eigenvalue weighted by Gasteiger charge is 2.14.